The summed E-state index contributed by atoms with van der Waals surface area (Å²) in [6, 6.07) is 44.4. The number of thioether (sulfide) groups is 2. The number of fused-ring (bicyclic) bond motifs is 6. The zero-order chi connectivity index (χ0) is 36.6. The number of urea groups is 2. The lowest BCUT2D eigenvalue weighted by atomic mass is 9.92. The second kappa shape index (κ2) is 16.8. The van der Waals surface area contributed by atoms with E-state index in [1.54, 1.807) is 36.0 Å². The molecular formula is C42H38N4O3S3. The molecule has 0 unspecified atom stereocenters. The van der Waals surface area contributed by atoms with Gasteiger partial charge in [-0.25, -0.2) is 9.59 Å². The Labute approximate surface area is 315 Å². The first kappa shape index (κ1) is 36.5. The Morgan fingerprint density at radius 2 is 0.769 bits per heavy atom. The Balaban J connectivity index is 0.000000162. The van der Waals surface area contributed by atoms with Crippen LogP contribution in [-0.4, -0.2) is 41.3 Å². The Morgan fingerprint density at radius 3 is 1.13 bits per heavy atom. The highest BCUT2D eigenvalue weighted by Crippen LogP contribution is 2.46. The van der Waals surface area contributed by atoms with E-state index in [0.29, 0.717) is 0 Å². The summed E-state index contributed by atoms with van der Waals surface area (Å²) >= 11 is 3.34. The highest BCUT2D eigenvalue weighted by molar-refractivity contribution is 7.98. The van der Waals surface area contributed by atoms with E-state index in [4.69, 9.17) is 0 Å². The van der Waals surface area contributed by atoms with Crippen molar-refractivity contribution in [3.63, 3.8) is 0 Å². The van der Waals surface area contributed by atoms with Gasteiger partial charge in [0.25, 0.3) is 0 Å². The van der Waals surface area contributed by atoms with Gasteiger partial charge < -0.3 is 21.3 Å². The molecular weight excluding hydrogens is 705 g/mol. The van der Waals surface area contributed by atoms with E-state index < -0.39 is 10.8 Å². The third-order valence-corrected chi connectivity index (χ3v) is 9.66. The molecule has 0 aromatic heterocycles. The van der Waals surface area contributed by atoms with Gasteiger partial charge >= 0.3 is 12.1 Å². The number of benzene rings is 6. The molecule has 6 aromatic rings. The summed E-state index contributed by atoms with van der Waals surface area (Å²) in [5, 5.41) is 11.8. The largest absolute Gasteiger partial charge is 0.323 e. The minimum Gasteiger partial charge on any atom is -0.307 e. The van der Waals surface area contributed by atoms with Gasteiger partial charge in [0, 0.05) is 55.4 Å². The third-order valence-electron chi connectivity index (χ3n) is 8.25. The lowest BCUT2D eigenvalue weighted by Crippen LogP contribution is -2.17. The molecule has 0 fully saturated rings. The van der Waals surface area contributed by atoms with Gasteiger partial charge in [0.05, 0.1) is 22.7 Å². The smallest absolute Gasteiger partial charge is 0.307 e. The highest BCUT2D eigenvalue weighted by Gasteiger charge is 2.23. The Kier molecular flexibility index (Phi) is 11.8. The standard InChI is InChI=1S/2C20H16N2OS.C2H6OS/c2*1-24-14-11-16(13-7-3-2-4-8-13)19-15-9-5-6-10-17(15)21-20(23)22-18(19)12-14;1-4(2)3/h2*2-12H,1H3,(H2,21,22,23);1-2H3. The van der Waals surface area contributed by atoms with Gasteiger partial charge in [-0.3, -0.25) is 4.21 Å². The lowest BCUT2D eigenvalue weighted by Gasteiger charge is -2.16. The fourth-order valence-corrected chi connectivity index (χ4v) is 7.05. The highest BCUT2D eigenvalue weighted by atomic mass is 32.2. The molecule has 0 saturated heterocycles. The van der Waals surface area contributed by atoms with Crippen LogP contribution >= 0.6 is 23.5 Å². The molecule has 2 aliphatic rings. The van der Waals surface area contributed by atoms with Crippen molar-refractivity contribution >= 4 is 69.1 Å². The number of carbonyl (C=O) groups excluding carboxylic acids is 2. The van der Waals surface area contributed by atoms with E-state index in [1.165, 1.54) is 0 Å². The van der Waals surface area contributed by atoms with Crippen molar-refractivity contribution in [3.8, 4) is 44.5 Å². The maximum Gasteiger partial charge on any atom is 0.323 e. The Morgan fingerprint density at radius 1 is 0.442 bits per heavy atom. The van der Waals surface area contributed by atoms with E-state index in [2.05, 4.69) is 57.7 Å². The van der Waals surface area contributed by atoms with Crippen LogP contribution in [0.2, 0.25) is 0 Å². The maximum atomic E-state index is 12.2. The third kappa shape index (κ3) is 8.42. The second-order valence-corrected chi connectivity index (χ2v) is 15.2. The number of hydrogen-bond acceptors (Lipinski definition) is 5. The number of anilines is 4. The summed E-state index contributed by atoms with van der Waals surface area (Å²) in [7, 11) is -0.611. The Hall–Kier alpha value is -5.29. The van der Waals surface area contributed by atoms with Gasteiger partial charge in [0.1, 0.15) is 0 Å². The first-order valence-electron chi connectivity index (χ1n) is 16.4. The molecule has 0 aliphatic carbocycles. The van der Waals surface area contributed by atoms with E-state index in [1.807, 2.05) is 110 Å². The number of carbonyl (C=O) groups is 2. The molecule has 262 valence electrons. The predicted molar refractivity (Wildman–Crippen MR) is 223 cm³/mol. The second-order valence-electron chi connectivity index (χ2n) is 11.9. The number of rotatable bonds is 4. The van der Waals surface area contributed by atoms with Crippen LogP contribution in [0.1, 0.15) is 0 Å². The van der Waals surface area contributed by atoms with Gasteiger partial charge in [-0.05, 0) is 71.2 Å². The van der Waals surface area contributed by atoms with Crippen molar-refractivity contribution in [2.24, 2.45) is 0 Å². The maximum absolute atomic E-state index is 12.2. The van der Waals surface area contributed by atoms with Crippen LogP contribution in [0.25, 0.3) is 44.5 Å². The van der Waals surface area contributed by atoms with Crippen LogP contribution in [-0.2, 0) is 10.8 Å². The summed E-state index contributed by atoms with van der Waals surface area (Å²) in [6.07, 6.45) is 7.36. The molecule has 52 heavy (non-hydrogen) atoms. The quantitative estimate of drug-likeness (QED) is 0.135. The van der Waals surface area contributed by atoms with Crippen molar-refractivity contribution in [2.75, 3.05) is 46.3 Å². The van der Waals surface area contributed by atoms with Crippen molar-refractivity contribution < 1.29 is 13.8 Å². The van der Waals surface area contributed by atoms with Gasteiger partial charge in [0.2, 0.25) is 0 Å². The molecule has 0 bridgehead atoms. The van der Waals surface area contributed by atoms with Gasteiger partial charge in [-0.15, -0.1) is 23.5 Å². The normalized spacial score (nSPS) is 12.2. The van der Waals surface area contributed by atoms with Gasteiger partial charge in [0.15, 0.2) is 0 Å². The lowest BCUT2D eigenvalue weighted by molar-refractivity contribution is 0.261. The van der Waals surface area contributed by atoms with Crippen molar-refractivity contribution in [1.82, 2.24) is 0 Å². The van der Waals surface area contributed by atoms with Crippen LogP contribution in [0.15, 0.2) is 143 Å². The van der Waals surface area contributed by atoms with Crippen molar-refractivity contribution in [1.29, 1.82) is 0 Å². The summed E-state index contributed by atoms with van der Waals surface area (Å²) in [5.41, 5.74) is 12.0. The molecule has 8 rings (SSSR count). The average molecular weight is 743 g/mol. The van der Waals surface area contributed by atoms with E-state index in [-0.39, 0.29) is 12.1 Å². The van der Waals surface area contributed by atoms with E-state index in [9.17, 15) is 13.8 Å². The van der Waals surface area contributed by atoms with E-state index in [0.717, 1.165) is 77.0 Å². The fourth-order valence-electron chi connectivity index (χ4n) is 6.11. The molecule has 2 aliphatic heterocycles. The first-order chi connectivity index (χ1) is 25.2. The average Bonchev–Trinajstić information content (AvgIpc) is 3.40. The number of para-hydroxylation sites is 2. The van der Waals surface area contributed by atoms with Gasteiger partial charge in [-0.1, -0.05) is 97.1 Å². The molecule has 10 heteroatoms. The fraction of sp³-hybridized carbons (Fsp3) is 0.0952. The molecule has 7 nitrogen and oxygen atoms in total. The van der Waals surface area contributed by atoms with Crippen LogP contribution in [0.5, 0.6) is 0 Å². The minimum absolute atomic E-state index is 0.210. The molecule has 0 saturated carbocycles. The molecule has 0 spiro atoms. The summed E-state index contributed by atoms with van der Waals surface area (Å²) in [4.78, 5) is 26.7. The topological polar surface area (TPSA) is 99.3 Å². The van der Waals surface area contributed by atoms with E-state index >= 15 is 0 Å². The molecule has 0 radical (unpaired) electrons. The monoisotopic (exact) mass is 742 g/mol. The summed E-state index contributed by atoms with van der Waals surface area (Å²) < 4.78 is 9.56. The molecule has 4 amide bonds. The van der Waals surface area contributed by atoms with Crippen LogP contribution in [0.3, 0.4) is 0 Å². The van der Waals surface area contributed by atoms with Crippen molar-refractivity contribution in [2.45, 2.75) is 9.79 Å². The molecule has 2 heterocycles. The first-order valence-corrected chi connectivity index (χ1v) is 20.8. The summed E-state index contributed by atoms with van der Waals surface area (Å²) in [6.45, 7) is 0. The predicted octanol–water partition coefficient (Wildman–Crippen LogP) is 11.4. The number of amides is 4. The van der Waals surface area contributed by atoms with Crippen LogP contribution < -0.4 is 21.3 Å². The zero-order valence-electron chi connectivity index (χ0n) is 29.2. The molecule has 6 aromatic carbocycles. The summed E-state index contributed by atoms with van der Waals surface area (Å²) in [5.74, 6) is 0. The molecule has 4 N–H and O–H groups in total. The van der Waals surface area contributed by atoms with Gasteiger partial charge in [-0.2, -0.15) is 0 Å². The Bertz CT molecular complexity index is 2100. The minimum atomic E-state index is -0.611. The number of hydrogen-bond donors (Lipinski definition) is 4. The van der Waals surface area contributed by atoms with Crippen LogP contribution in [0, 0.1) is 0 Å². The van der Waals surface area contributed by atoms with Crippen molar-refractivity contribution in [3.05, 3.63) is 133 Å². The van der Waals surface area contributed by atoms with Crippen LogP contribution in [0.4, 0.5) is 32.3 Å². The number of nitrogens with one attached hydrogen (secondary N) is 4. The zero-order valence-corrected chi connectivity index (χ0v) is 31.6. The SMILES string of the molecule is CS(C)=O.CSc1cc2c(c(-c3ccccc3)c1)-c1ccccc1NC(=O)N2.CSc1cc2c(c(-c3ccccc3)c1)-c1ccccc1NC(=O)N2. The molecule has 0 atom stereocenters.